The standard InChI is InChI=1S/C21H25F2N3O2.HI/c22-20(23)28-18-11-7-8-16(14-18)19(27)15-24-21(26-12-5-2-6-13-26)25-17-9-3-1-4-10-17;/h1,3-4,7-11,14,19-20,27H,2,5-6,12-13,15H2,(H,24,25);1H. The maximum Gasteiger partial charge on any atom is 0.387 e. The van der Waals surface area contributed by atoms with Crippen molar-refractivity contribution in [3.63, 3.8) is 0 Å². The molecule has 1 aliphatic heterocycles. The van der Waals surface area contributed by atoms with Crippen LogP contribution in [0.4, 0.5) is 14.5 Å². The lowest BCUT2D eigenvalue weighted by Crippen LogP contribution is -2.40. The zero-order valence-corrected chi connectivity index (χ0v) is 18.3. The van der Waals surface area contributed by atoms with E-state index in [0.717, 1.165) is 31.6 Å². The quantitative estimate of drug-likeness (QED) is 0.326. The highest BCUT2D eigenvalue weighted by Gasteiger charge is 2.16. The summed E-state index contributed by atoms with van der Waals surface area (Å²) in [6, 6.07) is 15.8. The summed E-state index contributed by atoms with van der Waals surface area (Å²) in [5.74, 6) is 0.735. The molecule has 0 spiro atoms. The Hall–Kier alpha value is -1.94. The van der Waals surface area contributed by atoms with Gasteiger partial charge in [0.05, 0.1) is 12.6 Å². The summed E-state index contributed by atoms with van der Waals surface area (Å²) in [6.45, 7) is -0.964. The monoisotopic (exact) mass is 517 g/mol. The fourth-order valence-corrected chi connectivity index (χ4v) is 3.15. The van der Waals surface area contributed by atoms with E-state index >= 15 is 0 Å². The summed E-state index contributed by atoms with van der Waals surface area (Å²) in [7, 11) is 0. The Bertz CT molecular complexity index is 772. The van der Waals surface area contributed by atoms with Crippen molar-refractivity contribution < 1.29 is 18.6 Å². The largest absolute Gasteiger partial charge is 0.435 e. The number of rotatable bonds is 6. The van der Waals surface area contributed by atoms with E-state index in [1.54, 1.807) is 12.1 Å². The molecule has 2 aromatic rings. The Kier molecular flexibility index (Phi) is 9.59. The molecule has 1 fully saturated rings. The van der Waals surface area contributed by atoms with E-state index in [2.05, 4.69) is 19.9 Å². The van der Waals surface area contributed by atoms with Gasteiger partial charge in [-0.05, 0) is 49.1 Å². The normalized spacial score (nSPS) is 15.6. The predicted octanol–water partition coefficient (Wildman–Crippen LogP) is 4.89. The van der Waals surface area contributed by atoms with Gasteiger partial charge < -0.3 is 20.1 Å². The molecule has 0 amide bonds. The number of piperidine rings is 1. The summed E-state index contributed by atoms with van der Waals surface area (Å²) in [4.78, 5) is 6.78. The minimum atomic E-state index is -2.90. The molecule has 0 aromatic heterocycles. The molecule has 2 aromatic carbocycles. The fourth-order valence-electron chi connectivity index (χ4n) is 3.15. The van der Waals surface area contributed by atoms with Crippen LogP contribution in [0.2, 0.25) is 0 Å². The minimum Gasteiger partial charge on any atom is -0.435 e. The topological polar surface area (TPSA) is 57.1 Å². The van der Waals surface area contributed by atoms with Crippen molar-refractivity contribution >= 4 is 35.6 Å². The van der Waals surface area contributed by atoms with E-state index in [1.165, 1.54) is 18.6 Å². The van der Waals surface area contributed by atoms with Gasteiger partial charge in [-0.2, -0.15) is 8.78 Å². The molecular weight excluding hydrogens is 491 g/mol. The Labute approximate surface area is 186 Å². The molecule has 3 rings (SSSR count). The van der Waals surface area contributed by atoms with Crippen LogP contribution in [0.1, 0.15) is 30.9 Å². The number of likely N-dealkylation sites (tertiary alicyclic amines) is 1. The van der Waals surface area contributed by atoms with Crippen molar-refractivity contribution in [3.05, 3.63) is 60.2 Å². The Morgan fingerprint density at radius 3 is 2.48 bits per heavy atom. The highest BCUT2D eigenvalue weighted by molar-refractivity contribution is 14.0. The second kappa shape index (κ2) is 11.9. The van der Waals surface area contributed by atoms with Crippen molar-refractivity contribution in [1.82, 2.24) is 4.90 Å². The van der Waals surface area contributed by atoms with E-state index < -0.39 is 12.7 Å². The molecule has 1 unspecified atom stereocenters. The number of aliphatic hydroxyl groups is 1. The van der Waals surface area contributed by atoms with Crippen LogP contribution in [0.5, 0.6) is 5.75 Å². The van der Waals surface area contributed by atoms with Crippen LogP contribution in [0, 0.1) is 0 Å². The summed E-state index contributed by atoms with van der Waals surface area (Å²) in [5, 5.41) is 13.8. The zero-order valence-electron chi connectivity index (χ0n) is 16.0. The highest BCUT2D eigenvalue weighted by Crippen LogP contribution is 2.21. The molecule has 1 saturated heterocycles. The number of para-hydroxylation sites is 1. The molecule has 2 N–H and O–H groups in total. The predicted molar refractivity (Wildman–Crippen MR) is 121 cm³/mol. The van der Waals surface area contributed by atoms with Crippen LogP contribution in [-0.2, 0) is 0 Å². The Balaban J connectivity index is 0.00000300. The van der Waals surface area contributed by atoms with Gasteiger partial charge in [-0.3, -0.25) is 0 Å². The third kappa shape index (κ3) is 7.43. The number of hydrogen-bond donors (Lipinski definition) is 2. The smallest absolute Gasteiger partial charge is 0.387 e. The average molecular weight is 517 g/mol. The third-order valence-corrected chi connectivity index (χ3v) is 4.57. The van der Waals surface area contributed by atoms with Crippen molar-refractivity contribution in [1.29, 1.82) is 0 Å². The van der Waals surface area contributed by atoms with Gasteiger partial charge in [-0.15, -0.1) is 24.0 Å². The van der Waals surface area contributed by atoms with Crippen LogP contribution >= 0.6 is 24.0 Å². The second-order valence-electron chi connectivity index (χ2n) is 6.67. The van der Waals surface area contributed by atoms with E-state index in [4.69, 9.17) is 0 Å². The average Bonchev–Trinajstić information content (AvgIpc) is 2.72. The summed E-state index contributed by atoms with van der Waals surface area (Å²) in [6.07, 6.45) is 2.49. The van der Waals surface area contributed by atoms with Crippen molar-refractivity contribution in [2.75, 3.05) is 25.0 Å². The first-order valence-corrected chi connectivity index (χ1v) is 9.46. The number of aliphatic imine (C=N–C) groups is 1. The molecular formula is C21H26F2IN3O2. The van der Waals surface area contributed by atoms with E-state index in [1.807, 2.05) is 30.3 Å². The number of anilines is 1. The molecule has 29 heavy (non-hydrogen) atoms. The van der Waals surface area contributed by atoms with Crippen LogP contribution in [0.25, 0.3) is 0 Å². The molecule has 1 aliphatic rings. The zero-order chi connectivity index (χ0) is 19.8. The molecule has 0 saturated carbocycles. The van der Waals surface area contributed by atoms with Crippen LogP contribution < -0.4 is 10.1 Å². The van der Waals surface area contributed by atoms with Gasteiger partial charge in [0, 0.05) is 18.8 Å². The molecule has 158 valence electrons. The molecule has 0 bridgehead atoms. The molecule has 1 heterocycles. The number of aliphatic hydroxyl groups excluding tert-OH is 1. The lowest BCUT2D eigenvalue weighted by atomic mass is 10.1. The number of guanidine groups is 1. The molecule has 1 atom stereocenters. The van der Waals surface area contributed by atoms with E-state index in [0.29, 0.717) is 11.5 Å². The molecule has 0 aliphatic carbocycles. The van der Waals surface area contributed by atoms with Gasteiger partial charge in [0.2, 0.25) is 0 Å². The van der Waals surface area contributed by atoms with Gasteiger partial charge in [0.15, 0.2) is 5.96 Å². The van der Waals surface area contributed by atoms with Gasteiger partial charge in [0.1, 0.15) is 5.75 Å². The first-order valence-electron chi connectivity index (χ1n) is 9.46. The number of nitrogens with one attached hydrogen (secondary N) is 1. The van der Waals surface area contributed by atoms with Crippen LogP contribution in [-0.4, -0.2) is 42.2 Å². The maximum absolute atomic E-state index is 12.4. The summed E-state index contributed by atoms with van der Waals surface area (Å²) in [5.41, 5.74) is 1.41. The van der Waals surface area contributed by atoms with E-state index in [9.17, 15) is 13.9 Å². The first kappa shape index (κ1) is 23.3. The first-order chi connectivity index (χ1) is 13.6. The lowest BCUT2D eigenvalue weighted by molar-refractivity contribution is -0.0499. The summed E-state index contributed by atoms with van der Waals surface area (Å²) >= 11 is 0. The van der Waals surface area contributed by atoms with Gasteiger partial charge in [-0.25, -0.2) is 4.99 Å². The van der Waals surface area contributed by atoms with Crippen molar-refractivity contribution in [2.24, 2.45) is 4.99 Å². The number of alkyl halides is 2. The SMILES string of the molecule is I.OC(CN=C(Nc1ccccc1)N1CCCCC1)c1cccc(OC(F)F)c1. The Morgan fingerprint density at radius 1 is 1.07 bits per heavy atom. The minimum absolute atomic E-state index is 0. The van der Waals surface area contributed by atoms with Gasteiger partial charge >= 0.3 is 6.61 Å². The lowest BCUT2D eigenvalue weighted by Gasteiger charge is -2.30. The van der Waals surface area contributed by atoms with Crippen LogP contribution in [0.3, 0.4) is 0 Å². The third-order valence-electron chi connectivity index (χ3n) is 4.57. The van der Waals surface area contributed by atoms with Gasteiger partial charge in [-0.1, -0.05) is 30.3 Å². The second-order valence-corrected chi connectivity index (χ2v) is 6.67. The number of hydrogen-bond acceptors (Lipinski definition) is 3. The van der Waals surface area contributed by atoms with E-state index in [-0.39, 0.29) is 36.3 Å². The summed E-state index contributed by atoms with van der Waals surface area (Å²) < 4.78 is 29.2. The Morgan fingerprint density at radius 2 is 1.79 bits per heavy atom. The number of benzene rings is 2. The fraction of sp³-hybridized carbons (Fsp3) is 0.381. The molecule has 0 radical (unpaired) electrons. The van der Waals surface area contributed by atoms with Crippen LogP contribution in [0.15, 0.2) is 59.6 Å². The number of ether oxygens (including phenoxy) is 1. The molecule has 8 heteroatoms. The molecule has 5 nitrogen and oxygen atoms in total. The van der Waals surface area contributed by atoms with Gasteiger partial charge in [0.25, 0.3) is 0 Å². The van der Waals surface area contributed by atoms with Crippen molar-refractivity contribution in [2.45, 2.75) is 32.0 Å². The number of halogens is 3. The maximum atomic E-state index is 12.4. The van der Waals surface area contributed by atoms with Crippen molar-refractivity contribution in [3.8, 4) is 5.75 Å². The highest BCUT2D eigenvalue weighted by atomic mass is 127. The number of nitrogens with zero attached hydrogens (tertiary/aromatic N) is 2.